The van der Waals surface area contributed by atoms with Gasteiger partial charge in [-0.1, -0.05) is 55.0 Å². The molecule has 0 heterocycles. The van der Waals surface area contributed by atoms with Crippen molar-refractivity contribution in [3.8, 4) is 0 Å². The van der Waals surface area contributed by atoms with E-state index in [9.17, 15) is 4.79 Å². The third-order valence-corrected chi connectivity index (χ3v) is 2.99. The number of nitrogens with two attached hydrogens (primary N) is 1. The van der Waals surface area contributed by atoms with Crippen molar-refractivity contribution in [3.63, 3.8) is 0 Å². The summed E-state index contributed by atoms with van der Waals surface area (Å²) in [7, 11) is 0. The van der Waals surface area contributed by atoms with Crippen molar-refractivity contribution in [1.29, 1.82) is 5.41 Å². The summed E-state index contributed by atoms with van der Waals surface area (Å²) in [5.74, 6) is -1.03. The Balaban J connectivity index is 5.24. The summed E-state index contributed by atoms with van der Waals surface area (Å²) in [5, 5.41) is 9.71. The van der Waals surface area contributed by atoms with Gasteiger partial charge in [0.2, 0.25) is 0 Å². The fraction of sp³-hybridized carbons (Fsp3) is 0.333. The summed E-state index contributed by atoms with van der Waals surface area (Å²) in [5.41, 5.74) is 9.46. The van der Waals surface area contributed by atoms with Gasteiger partial charge in [-0.25, -0.2) is 0 Å². The Hall–Kier alpha value is -2.36. The lowest BCUT2D eigenvalue weighted by molar-refractivity contribution is -0.114. The molecule has 0 radical (unpaired) electrons. The van der Waals surface area contributed by atoms with Crippen molar-refractivity contribution in [3.05, 3.63) is 59.3 Å². The van der Waals surface area contributed by atoms with E-state index in [1.54, 1.807) is 0 Å². The Morgan fingerprint density at radius 1 is 1.27 bits per heavy atom. The number of carbonyl (C=O) groups is 1. The summed E-state index contributed by atoms with van der Waals surface area (Å²) in [6, 6.07) is 0. The number of nitrogens with one attached hydrogen (secondary N) is 2. The van der Waals surface area contributed by atoms with Crippen LogP contribution in [0.2, 0.25) is 0 Å². The highest BCUT2D eigenvalue weighted by atomic mass is 16.2. The van der Waals surface area contributed by atoms with Crippen LogP contribution in [0.5, 0.6) is 0 Å². The van der Waals surface area contributed by atoms with E-state index in [1.807, 2.05) is 58.1 Å². The van der Waals surface area contributed by atoms with E-state index in [2.05, 4.69) is 11.9 Å². The van der Waals surface area contributed by atoms with Crippen LogP contribution in [-0.2, 0) is 4.79 Å². The molecule has 0 aliphatic heterocycles. The molecule has 0 bridgehead atoms. The Morgan fingerprint density at radius 3 is 2.32 bits per heavy atom. The van der Waals surface area contributed by atoms with Crippen LogP contribution in [0.4, 0.5) is 0 Å². The summed E-state index contributed by atoms with van der Waals surface area (Å²) in [4.78, 5) is 11.3. The highest BCUT2D eigenvalue weighted by molar-refractivity contribution is 6.35. The van der Waals surface area contributed by atoms with Crippen molar-refractivity contribution in [2.75, 3.05) is 6.54 Å². The van der Waals surface area contributed by atoms with Gasteiger partial charge < -0.3 is 11.1 Å². The van der Waals surface area contributed by atoms with Crippen molar-refractivity contribution >= 4 is 11.7 Å². The number of carbonyl (C=O) groups excluding carboxylic acids is 1. The van der Waals surface area contributed by atoms with E-state index in [1.165, 1.54) is 5.57 Å². The van der Waals surface area contributed by atoms with Gasteiger partial charge in [-0.3, -0.25) is 10.2 Å². The van der Waals surface area contributed by atoms with Gasteiger partial charge in [-0.05, 0) is 38.3 Å². The van der Waals surface area contributed by atoms with E-state index in [-0.39, 0.29) is 0 Å². The topological polar surface area (TPSA) is 79.0 Å². The van der Waals surface area contributed by atoms with Gasteiger partial charge >= 0.3 is 0 Å². The molecular formula is C18H27N3O. The minimum Gasteiger partial charge on any atom is -0.380 e. The molecule has 0 atom stereocenters. The Labute approximate surface area is 133 Å². The van der Waals surface area contributed by atoms with Crippen LogP contribution in [0.25, 0.3) is 0 Å². The molecule has 0 aromatic rings. The van der Waals surface area contributed by atoms with Crippen LogP contribution >= 0.6 is 0 Å². The summed E-state index contributed by atoms with van der Waals surface area (Å²) >= 11 is 0. The molecule has 0 aromatic carbocycles. The molecule has 4 heteroatoms. The third kappa shape index (κ3) is 7.43. The number of hydrogen-bond acceptors (Lipinski definition) is 2. The molecule has 0 spiro atoms. The molecule has 0 rings (SSSR count). The summed E-state index contributed by atoms with van der Waals surface area (Å²) < 4.78 is 0. The average molecular weight is 301 g/mol. The molecule has 4 nitrogen and oxygen atoms in total. The Kier molecular flexibility index (Phi) is 9.27. The maximum absolute atomic E-state index is 11.3. The van der Waals surface area contributed by atoms with E-state index in [0.717, 1.165) is 23.1 Å². The van der Waals surface area contributed by atoms with Crippen molar-refractivity contribution in [2.24, 2.45) is 5.73 Å². The number of hydrogen-bond donors (Lipinski definition) is 3. The van der Waals surface area contributed by atoms with Gasteiger partial charge in [0.1, 0.15) is 0 Å². The molecular weight excluding hydrogens is 274 g/mol. The van der Waals surface area contributed by atoms with Crippen LogP contribution in [0.3, 0.4) is 0 Å². The molecule has 0 saturated carbocycles. The molecule has 0 aromatic heterocycles. The number of amidine groups is 1. The normalized spacial score (nSPS) is 12.6. The molecule has 1 amide bonds. The predicted molar refractivity (Wildman–Crippen MR) is 94.8 cm³/mol. The quantitative estimate of drug-likeness (QED) is 0.383. The number of rotatable bonds is 7. The number of amides is 1. The van der Waals surface area contributed by atoms with Gasteiger partial charge in [-0.15, -0.1) is 0 Å². The summed E-state index contributed by atoms with van der Waals surface area (Å²) in [6.07, 6.45) is 10.7. The zero-order valence-electron chi connectivity index (χ0n) is 14.0. The van der Waals surface area contributed by atoms with E-state index in [0.29, 0.717) is 6.54 Å². The highest BCUT2D eigenvalue weighted by Gasteiger charge is 2.05. The first-order valence-electron chi connectivity index (χ1n) is 7.31. The molecule has 0 fully saturated rings. The maximum Gasteiger partial charge on any atom is 0.286 e. The Bertz CT molecular complexity index is 545. The molecule has 120 valence electrons. The van der Waals surface area contributed by atoms with Gasteiger partial charge in [-0.2, -0.15) is 0 Å². The standard InChI is InChI=1S/C18H27N3O/c1-6-14(12-21-18(22)17(19)20)11-16(8-3)15(7-2)10-9-13(4)5/h7-11H,2,6,12H2,1,3-5H3,(H3,19,20)(H,21,22)/b14-11+,15-10+,16-8+. The maximum atomic E-state index is 11.3. The lowest BCUT2D eigenvalue weighted by Gasteiger charge is -2.09. The molecule has 4 N–H and O–H groups in total. The van der Waals surface area contributed by atoms with Crippen LogP contribution in [0, 0.1) is 5.41 Å². The van der Waals surface area contributed by atoms with Crippen LogP contribution in [0.15, 0.2) is 59.3 Å². The largest absolute Gasteiger partial charge is 0.380 e. The van der Waals surface area contributed by atoms with Crippen molar-refractivity contribution < 1.29 is 4.79 Å². The second-order valence-electron chi connectivity index (χ2n) is 5.07. The fourth-order valence-corrected chi connectivity index (χ4v) is 1.66. The Morgan fingerprint density at radius 2 is 1.91 bits per heavy atom. The van der Waals surface area contributed by atoms with Crippen molar-refractivity contribution in [2.45, 2.75) is 34.1 Å². The van der Waals surface area contributed by atoms with Gasteiger partial charge in [0, 0.05) is 6.54 Å². The lowest BCUT2D eigenvalue weighted by atomic mass is 10.0. The van der Waals surface area contributed by atoms with Gasteiger partial charge in [0.15, 0.2) is 5.84 Å². The second kappa shape index (κ2) is 10.4. The van der Waals surface area contributed by atoms with Crippen LogP contribution in [0.1, 0.15) is 34.1 Å². The molecule has 22 heavy (non-hydrogen) atoms. The zero-order valence-corrected chi connectivity index (χ0v) is 14.0. The smallest absolute Gasteiger partial charge is 0.286 e. The molecule has 0 aliphatic rings. The average Bonchev–Trinajstić information content (AvgIpc) is 2.48. The van der Waals surface area contributed by atoms with Gasteiger partial charge in [0.25, 0.3) is 5.91 Å². The minimum atomic E-state index is -0.551. The van der Waals surface area contributed by atoms with Crippen molar-refractivity contribution in [1.82, 2.24) is 5.32 Å². The predicted octanol–water partition coefficient (Wildman–Crippen LogP) is 3.40. The van der Waals surface area contributed by atoms with E-state index >= 15 is 0 Å². The highest BCUT2D eigenvalue weighted by Crippen LogP contribution is 2.17. The van der Waals surface area contributed by atoms with Crippen LogP contribution in [-0.4, -0.2) is 18.3 Å². The first-order chi connectivity index (χ1) is 10.3. The minimum absolute atomic E-state index is 0.374. The molecule has 0 saturated heterocycles. The first-order valence-corrected chi connectivity index (χ1v) is 7.31. The molecule has 0 aliphatic carbocycles. The van der Waals surface area contributed by atoms with Crippen LogP contribution < -0.4 is 11.1 Å². The zero-order chi connectivity index (χ0) is 17.1. The third-order valence-electron chi connectivity index (χ3n) is 2.99. The van der Waals surface area contributed by atoms with E-state index in [4.69, 9.17) is 11.1 Å². The SMILES string of the molecule is C=CC(=C\C=C(C)C)/C(/C=C(\CC)CNC(=O)C(=N)N)=C/C. The first kappa shape index (κ1) is 19.6. The lowest BCUT2D eigenvalue weighted by Crippen LogP contribution is -2.36. The second-order valence-corrected chi connectivity index (χ2v) is 5.07. The summed E-state index contributed by atoms with van der Waals surface area (Å²) in [6.45, 7) is 12.3. The molecule has 0 unspecified atom stereocenters. The van der Waals surface area contributed by atoms with E-state index < -0.39 is 11.7 Å². The fourth-order valence-electron chi connectivity index (χ4n) is 1.66. The van der Waals surface area contributed by atoms with Gasteiger partial charge in [0.05, 0.1) is 0 Å². The number of allylic oxidation sites excluding steroid dienone is 8. The monoisotopic (exact) mass is 301 g/mol.